The quantitative estimate of drug-likeness (QED) is 0.479. The van der Waals surface area contributed by atoms with E-state index in [4.69, 9.17) is 4.74 Å². The van der Waals surface area contributed by atoms with Gasteiger partial charge < -0.3 is 9.84 Å². The van der Waals surface area contributed by atoms with Crippen LogP contribution in [0.1, 0.15) is 11.1 Å². The van der Waals surface area contributed by atoms with Crippen LogP contribution < -0.4 is 10.2 Å². The summed E-state index contributed by atoms with van der Waals surface area (Å²) in [6, 6.07) is 10.8. The summed E-state index contributed by atoms with van der Waals surface area (Å²) >= 11 is 0. The van der Waals surface area contributed by atoms with Gasteiger partial charge in [-0.05, 0) is 36.2 Å². The lowest BCUT2D eigenvalue weighted by molar-refractivity contribution is -0.385. The number of benzene rings is 2. The largest absolute Gasteiger partial charge is 0.508 e. The van der Waals surface area contributed by atoms with Gasteiger partial charge >= 0.3 is 5.69 Å². The zero-order valence-corrected chi connectivity index (χ0v) is 12.8. The first-order valence-electron chi connectivity index (χ1n) is 6.94. The number of nitro groups is 1. The first-order valence-corrected chi connectivity index (χ1v) is 6.94. The van der Waals surface area contributed by atoms with Crippen LogP contribution in [0.2, 0.25) is 0 Å². The third-order valence-electron chi connectivity index (χ3n) is 2.94. The van der Waals surface area contributed by atoms with Crippen LogP contribution in [-0.2, 0) is 4.79 Å². The van der Waals surface area contributed by atoms with Crippen LogP contribution >= 0.6 is 0 Å². The van der Waals surface area contributed by atoms with E-state index < -0.39 is 17.4 Å². The molecule has 2 aromatic carbocycles. The lowest BCUT2D eigenvalue weighted by atomic mass is 10.2. The van der Waals surface area contributed by atoms with Gasteiger partial charge in [-0.2, -0.15) is 5.10 Å². The summed E-state index contributed by atoms with van der Waals surface area (Å²) in [5.41, 5.74) is 3.35. The lowest BCUT2D eigenvalue weighted by Gasteiger charge is -2.06. The van der Waals surface area contributed by atoms with Crippen LogP contribution in [0, 0.1) is 17.0 Å². The summed E-state index contributed by atoms with van der Waals surface area (Å²) in [5, 5.41) is 24.0. The van der Waals surface area contributed by atoms with Gasteiger partial charge in [0, 0.05) is 6.07 Å². The molecule has 0 aliphatic heterocycles. The minimum atomic E-state index is -0.569. The summed E-state index contributed by atoms with van der Waals surface area (Å²) in [6.45, 7) is 1.31. The van der Waals surface area contributed by atoms with Gasteiger partial charge in [0.25, 0.3) is 5.91 Å². The normalized spacial score (nSPS) is 10.5. The Labute approximate surface area is 137 Å². The van der Waals surface area contributed by atoms with Crippen molar-refractivity contribution in [1.82, 2.24) is 5.43 Å². The van der Waals surface area contributed by atoms with Gasteiger partial charge in [0.2, 0.25) is 0 Å². The molecular formula is C16H15N3O5. The fourth-order valence-electron chi connectivity index (χ4n) is 1.85. The maximum absolute atomic E-state index is 11.7. The third kappa shape index (κ3) is 4.80. The summed E-state index contributed by atoms with van der Waals surface area (Å²) in [6.07, 6.45) is 1.35. The van der Waals surface area contributed by atoms with Crippen LogP contribution in [0.5, 0.6) is 11.5 Å². The molecule has 124 valence electrons. The first-order chi connectivity index (χ1) is 11.5. The van der Waals surface area contributed by atoms with Crippen molar-refractivity contribution in [3.63, 3.8) is 0 Å². The molecule has 0 aliphatic carbocycles. The Bertz CT molecular complexity index is 789. The molecule has 0 atom stereocenters. The maximum Gasteiger partial charge on any atom is 0.311 e. The molecular weight excluding hydrogens is 314 g/mol. The SMILES string of the molecule is Cc1ccc(OCC(=O)NN=Cc2cccc(O)c2)c([N+](=O)[O-])c1. The molecule has 0 saturated carbocycles. The monoisotopic (exact) mass is 329 g/mol. The number of hydrogen-bond acceptors (Lipinski definition) is 6. The van der Waals surface area contributed by atoms with Gasteiger partial charge in [0.05, 0.1) is 11.1 Å². The fourth-order valence-corrected chi connectivity index (χ4v) is 1.85. The topological polar surface area (TPSA) is 114 Å². The van der Waals surface area contributed by atoms with Gasteiger partial charge in [0.15, 0.2) is 12.4 Å². The van der Waals surface area contributed by atoms with E-state index in [0.29, 0.717) is 11.1 Å². The van der Waals surface area contributed by atoms with Crippen molar-refractivity contribution in [2.24, 2.45) is 5.10 Å². The Morgan fingerprint density at radius 1 is 1.38 bits per heavy atom. The van der Waals surface area contributed by atoms with Crippen molar-refractivity contribution in [2.45, 2.75) is 6.92 Å². The van der Waals surface area contributed by atoms with E-state index in [0.717, 1.165) is 0 Å². The Morgan fingerprint density at radius 3 is 2.88 bits per heavy atom. The summed E-state index contributed by atoms with van der Waals surface area (Å²) in [4.78, 5) is 22.0. The van der Waals surface area contributed by atoms with Crippen molar-refractivity contribution >= 4 is 17.8 Å². The van der Waals surface area contributed by atoms with Gasteiger partial charge in [-0.25, -0.2) is 5.43 Å². The number of nitrogens with zero attached hydrogens (tertiary/aromatic N) is 2. The smallest absolute Gasteiger partial charge is 0.311 e. The number of hydrazone groups is 1. The molecule has 0 heterocycles. The fraction of sp³-hybridized carbons (Fsp3) is 0.125. The first kappa shape index (κ1) is 16.9. The Balaban J connectivity index is 1.91. The van der Waals surface area contributed by atoms with Gasteiger partial charge in [-0.15, -0.1) is 0 Å². The Kier molecular flexibility index (Phi) is 5.45. The van der Waals surface area contributed by atoms with E-state index in [1.54, 1.807) is 25.1 Å². The molecule has 1 amide bonds. The lowest BCUT2D eigenvalue weighted by Crippen LogP contribution is -2.24. The number of carbonyl (C=O) groups is 1. The van der Waals surface area contributed by atoms with Crippen molar-refractivity contribution in [3.05, 3.63) is 63.7 Å². The molecule has 8 nitrogen and oxygen atoms in total. The van der Waals surface area contributed by atoms with Crippen LogP contribution in [0.25, 0.3) is 0 Å². The van der Waals surface area contributed by atoms with Crippen LogP contribution in [0.15, 0.2) is 47.6 Å². The zero-order valence-electron chi connectivity index (χ0n) is 12.8. The molecule has 2 aromatic rings. The number of nitrogens with one attached hydrogen (secondary N) is 1. The molecule has 0 fully saturated rings. The van der Waals surface area contributed by atoms with Crippen LogP contribution in [0.4, 0.5) is 5.69 Å². The number of rotatable bonds is 6. The summed E-state index contributed by atoms with van der Waals surface area (Å²) < 4.78 is 5.17. The highest BCUT2D eigenvalue weighted by atomic mass is 16.6. The van der Waals surface area contributed by atoms with Crippen molar-refractivity contribution in [2.75, 3.05) is 6.61 Å². The maximum atomic E-state index is 11.7. The number of amides is 1. The third-order valence-corrected chi connectivity index (χ3v) is 2.94. The second-order valence-electron chi connectivity index (χ2n) is 4.91. The molecule has 2 N–H and O–H groups in total. The minimum Gasteiger partial charge on any atom is -0.508 e. The summed E-state index contributed by atoms with van der Waals surface area (Å²) in [5.74, 6) is -0.473. The number of aromatic hydroxyl groups is 1. The Hall–Kier alpha value is -3.42. The van der Waals surface area contributed by atoms with Crippen LogP contribution in [0.3, 0.4) is 0 Å². The van der Waals surface area contributed by atoms with Crippen molar-refractivity contribution in [3.8, 4) is 11.5 Å². The van der Waals surface area contributed by atoms with E-state index in [9.17, 15) is 20.0 Å². The molecule has 0 saturated heterocycles. The second kappa shape index (κ2) is 7.73. The molecule has 2 rings (SSSR count). The molecule has 0 aromatic heterocycles. The number of aryl methyl sites for hydroxylation is 1. The number of hydrogen-bond donors (Lipinski definition) is 2. The van der Waals surface area contributed by atoms with Crippen molar-refractivity contribution < 1.29 is 19.6 Å². The predicted octanol–water partition coefficient (Wildman–Crippen LogP) is 2.14. The standard InChI is InChI=1S/C16H15N3O5/c1-11-5-6-15(14(7-11)19(22)23)24-10-16(21)18-17-9-12-3-2-4-13(20)8-12/h2-9,20H,10H2,1H3,(H,18,21). The summed E-state index contributed by atoms with van der Waals surface area (Å²) in [7, 11) is 0. The molecule has 0 bridgehead atoms. The molecule has 0 aliphatic rings. The molecule has 0 radical (unpaired) electrons. The number of carbonyl (C=O) groups excluding carboxylic acids is 1. The highest BCUT2D eigenvalue weighted by molar-refractivity contribution is 5.83. The van der Waals surface area contributed by atoms with Gasteiger partial charge in [-0.1, -0.05) is 18.2 Å². The minimum absolute atomic E-state index is 0.0118. The van der Waals surface area contributed by atoms with E-state index in [1.807, 2.05) is 0 Å². The molecule has 24 heavy (non-hydrogen) atoms. The van der Waals surface area contributed by atoms with Gasteiger partial charge in [-0.3, -0.25) is 14.9 Å². The van der Waals surface area contributed by atoms with E-state index in [-0.39, 0.29) is 17.2 Å². The highest BCUT2D eigenvalue weighted by Crippen LogP contribution is 2.27. The van der Waals surface area contributed by atoms with E-state index >= 15 is 0 Å². The average molecular weight is 329 g/mol. The Morgan fingerprint density at radius 2 is 2.17 bits per heavy atom. The van der Waals surface area contributed by atoms with Crippen molar-refractivity contribution in [1.29, 1.82) is 0 Å². The molecule has 0 spiro atoms. The second-order valence-corrected chi connectivity index (χ2v) is 4.91. The predicted molar refractivity (Wildman–Crippen MR) is 87.2 cm³/mol. The highest BCUT2D eigenvalue weighted by Gasteiger charge is 2.16. The molecule has 8 heteroatoms. The number of nitro benzene ring substituents is 1. The van der Waals surface area contributed by atoms with Crippen LogP contribution in [-0.4, -0.2) is 28.8 Å². The number of ether oxygens (including phenoxy) is 1. The van der Waals surface area contributed by atoms with E-state index in [2.05, 4.69) is 10.5 Å². The zero-order chi connectivity index (χ0) is 17.5. The number of phenols is 1. The number of phenolic OH excluding ortho intramolecular Hbond substituents is 1. The van der Waals surface area contributed by atoms with E-state index in [1.165, 1.54) is 30.5 Å². The molecule has 0 unspecified atom stereocenters. The average Bonchev–Trinajstić information content (AvgIpc) is 2.53. The van der Waals surface area contributed by atoms with Gasteiger partial charge in [0.1, 0.15) is 5.75 Å².